The van der Waals surface area contributed by atoms with Crippen molar-refractivity contribution in [3.05, 3.63) is 33.5 Å². The van der Waals surface area contributed by atoms with Gasteiger partial charge in [-0.3, -0.25) is 4.79 Å². The number of piperidine rings is 1. The van der Waals surface area contributed by atoms with Gasteiger partial charge in [0.1, 0.15) is 5.82 Å². The third kappa shape index (κ3) is 5.26. The van der Waals surface area contributed by atoms with Crippen LogP contribution in [0.25, 0.3) is 0 Å². The second-order valence-corrected chi connectivity index (χ2v) is 7.06. The Hall–Kier alpha value is -1.96. The SMILES string of the molecule is CC(=O)N1CCC(C/C(=N\NC(=O)O)c2cc(C)c(Br)cc2F)CC1. The first kappa shape index (κ1) is 19.4. The predicted octanol–water partition coefficient (Wildman–Crippen LogP) is 3.52. The Bertz CT molecular complexity index is 701. The molecule has 6 nitrogen and oxygen atoms in total. The summed E-state index contributed by atoms with van der Waals surface area (Å²) in [6.07, 6.45) is 0.716. The Labute approximate surface area is 154 Å². The van der Waals surface area contributed by atoms with Crippen LogP contribution >= 0.6 is 15.9 Å². The number of aryl methyl sites for hydroxylation is 1. The van der Waals surface area contributed by atoms with Crippen LogP contribution in [0.5, 0.6) is 0 Å². The van der Waals surface area contributed by atoms with Crippen molar-refractivity contribution in [2.24, 2.45) is 11.0 Å². The smallest absolute Gasteiger partial charge is 0.425 e. The molecule has 2 amide bonds. The van der Waals surface area contributed by atoms with Crippen molar-refractivity contribution in [3.8, 4) is 0 Å². The van der Waals surface area contributed by atoms with E-state index in [0.717, 1.165) is 18.4 Å². The second-order valence-electron chi connectivity index (χ2n) is 6.21. The van der Waals surface area contributed by atoms with E-state index in [1.807, 2.05) is 12.3 Å². The van der Waals surface area contributed by atoms with Gasteiger partial charge in [0.15, 0.2) is 0 Å². The number of hydrogen-bond donors (Lipinski definition) is 2. The van der Waals surface area contributed by atoms with Crippen molar-refractivity contribution in [1.29, 1.82) is 0 Å². The second kappa shape index (κ2) is 8.42. The van der Waals surface area contributed by atoms with Crippen molar-refractivity contribution in [2.45, 2.75) is 33.1 Å². The lowest BCUT2D eigenvalue weighted by Gasteiger charge is -2.31. The monoisotopic (exact) mass is 413 g/mol. The first-order valence-electron chi connectivity index (χ1n) is 8.05. The minimum Gasteiger partial charge on any atom is -0.464 e. The maximum Gasteiger partial charge on any atom is 0.425 e. The highest BCUT2D eigenvalue weighted by Gasteiger charge is 2.24. The molecule has 0 bridgehead atoms. The Morgan fingerprint density at radius 1 is 1.40 bits per heavy atom. The standard InChI is InChI=1S/C17H21BrFN3O3/c1-10-7-13(15(19)9-14(10)18)16(20-21-17(24)25)8-12-3-5-22(6-4-12)11(2)23/h7,9,12,21H,3-6,8H2,1-2H3,(H,24,25)/b20-16+. The van der Waals surface area contributed by atoms with Crippen LogP contribution in [0.4, 0.5) is 9.18 Å². The van der Waals surface area contributed by atoms with Gasteiger partial charge < -0.3 is 10.0 Å². The van der Waals surface area contributed by atoms with Crippen molar-refractivity contribution in [2.75, 3.05) is 13.1 Å². The average molecular weight is 414 g/mol. The lowest BCUT2D eigenvalue weighted by atomic mass is 9.89. The van der Waals surface area contributed by atoms with Crippen molar-refractivity contribution in [1.82, 2.24) is 10.3 Å². The normalized spacial score (nSPS) is 16.0. The minimum absolute atomic E-state index is 0.0504. The van der Waals surface area contributed by atoms with Crippen LogP contribution in [0.2, 0.25) is 0 Å². The molecule has 0 radical (unpaired) electrons. The zero-order chi connectivity index (χ0) is 18.6. The number of benzene rings is 1. The summed E-state index contributed by atoms with van der Waals surface area (Å²) in [6, 6.07) is 3.02. The summed E-state index contributed by atoms with van der Waals surface area (Å²) in [7, 11) is 0. The number of hydrogen-bond acceptors (Lipinski definition) is 3. The molecule has 0 spiro atoms. The Morgan fingerprint density at radius 3 is 2.60 bits per heavy atom. The number of likely N-dealkylation sites (tertiary alicyclic amines) is 1. The summed E-state index contributed by atoms with van der Waals surface area (Å²) in [4.78, 5) is 24.0. The maximum atomic E-state index is 14.4. The fourth-order valence-electron chi connectivity index (χ4n) is 2.93. The fraction of sp³-hybridized carbons (Fsp3) is 0.471. The Morgan fingerprint density at radius 2 is 2.04 bits per heavy atom. The first-order valence-corrected chi connectivity index (χ1v) is 8.84. The highest BCUT2D eigenvalue weighted by Crippen LogP contribution is 2.26. The molecular formula is C17H21BrFN3O3. The van der Waals surface area contributed by atoms with Gasteiger partial charge in [-0.05, 0) is 49.8 Å². The van der Waals surface area contributed by atoms with Gasteiger partial charge in [-0.2, -0.15) is 5.10 Å². The first-order chi connectivity index (χ1) is 11.8. The molecule has 1 fully saturated rings. The van der Waals surface area contributed by atoms with Gasteiger partial charge in [-0.15, -0.1) is 0 Å². The molecule has 1 heterocycles. The maximum absolute atomic E-state index is 14.4. The van der Waals surface area contributed by atoms with E-state index in [1.165, 1.54) is 6.07 Å². The van der Waals surface area contributed by atoms with Crippen LogP contribution < -0.4 is 5.43 Å². The van der Waals surface area contributed by atoms with E-state index in [0.29, 0.717) is 35.3 Å². The summed E-state index contributed by atoms with van der Waals surface area (Å²) >= 11 is 3.28. The molecule has 0 saturated carbocycles. The highest BCUT2D eigenvalue weighted by atomic mass is 79.9. The number of hydrazone groups is 1. The van der Waals surface area contributed by atoms with Crippen LogP contribution in [0, 0.1) is 18.7 Å². The van der Waals surface area contributed by atoms with Crippen molar-refractivity contribution < 1.29 is 19.1 Å². The molecule has 2 rings (SSSR count). The van der Waals surface area contributed by atoms with Gasteiger partial charge in [-0.25, -0.2) is 14.6 Å². The lowest BCUT2D eigenvalue weighted by Crippen LogP contribution is -2.37. The number of carbonyl (C=O) groups is 2. The van der Waals surface area contributed by atoms with E-state index in [9.17, 15) is 14.0 Å². The molecule has 1 aromatic carbocycles. The minimum atomic E-state index is -1.29. The van der Waals surface area contributed by atoms with E-state index >= 15 is 0 Å². The predicted molar refractivity (Wildman–Crippen MR) is 96.1 cm³/mol. The molecule has 1 aromatic rings. The van der Waals surface area contributed by atoms with Crippen LogP contribution in [-0.4, -0.2) is 40.8 Å². The van der Waals surface area contributed by atoms with Crippen molar-refractivity contribution >= 4 is 33.6 Å². The molecule has 2 N–H and O–H groups in total. The lowest BCUT2D eigenvalue weighted by molar-refractivity contribution is -0.130. The molecular weight excluding hydrogens is 393 g/mol. The molecule has 8 heteroatoms. The van der Waals surface area contributed by atoms with E-state index in [-0.39, 0.29) is 11.8 Å². The highest BCUT2D eigenvalue weighted by molar-refractivity contribution is 9.10. The largest absolute Gasteiger partial charge is 0.464 e. The summed E-state index contributed by atoms with van der Waals surface area (Å²) in [5, 5.41) is 12.7. The summed E-state index contributed by atoms with van der Waals surface area (Å²) in [5.74, 6) is -0.188. The third-order valence-electron chi connectivity index (χ3n) is 4.39. The molecule has 1 aliphatic rings. The van der Waals surface area contributed by atoms with E-state index in [1.54, 1.807) is 17.9 Å². The number of nitrogens with one attached hydrogen (secondary N) is 1. The van der Waals surface area contributed by atoms with Gasteiger partial charge in [0.05, 0.1) is 5.71 Å². The number of rotatable bonds is 4. The Kier molecular flexibility index (Phi) is 6.52. The molecule has 1 aliphatic heterocycles. The van der Waals surface area contributed by atoms with Gasteiger partial charge in [0.25, 0.3) is 0 Å². The Balaban J connectivity index is 2.20. The number of nitrogens with zero attached hydrogens (tertiary/aromatic N) is 2. The van der Waals surface area contributed by atoms with E-state index in [4.69, 9.17) is 5.11 Å². The van der Waals surface area contributed by atoms with Gasteiger partial charge in [0.2, 0.25) is 5.91 Å². The van der Waals surface area contributed by atoms with Gasteiger partial charge in [0, 0.05) is 30.0 Å². The quantitative estimate of drug-likeness (QED) is 0.585. The number of carbonyl (C=O) groups excluding carboxylic acids is 1. The summed E-state index contributed by atoms with van der Waals surface area (Å²) < 4.78 is 15.0. The molecule has 0 aromatic heterocycles. The average Bonchev–Trinajstić information content (AvgIpc) is 2.55. The van der Waals surface area contributed by atoms with Gasteiger partial charge >= 0.3 is 6.09 Å². The molecule has 0 unspecified atom stereocenters. The van der Waals surface area contributed by atoms with E-state index in [2.05, 4.69) is 21.0 Å². The zero-order valence-corrected chi connectivity index (χ0v) is 15.8. The zero-order valence-electron chi connectivity index (χ0n) is 14.2. The van der Waals surface area contributed by atoms with Crippen LogP contribution in [0.1, 0.15) is 37.3 Å². The van der Waals surface area contributed by atoms with E-state index < -0.39 is 11.9 Å². The van der Waals surface area contributed by atoms with Crippen LogP contribution in [0.15, 0.2) is 21.7 Å². The number of amides is 2. The number of halogens is 2. The molecule has 25 heavy (non-hydrogen) atoms. The third-order valence-corrected chi connectivity index (χ3v) is 5.24. The van der Waals surface area contributed by atoms with Crippen LogP contribution in [-0.2, 0) is 4.79 Å². The van der Waals surface area contributed by atoms with Crippen LogP contribution in [0.3, 0.4) is 0 Å². The number of carboxylic acid groups (broad SMARTS) is 1. The molecule has 0 atom stereocenters. The van der Waals surface area contributed by atoms with Gasteiger partial charge in [-0.1, -0.05) is 15.9 Å². The molecule has 136 valence electrons. The van der Waals surface area contributed by atoms with Crippen molar-refractivity contribution in [3.63, 3.8) is 0 Å². The summed E-state index contributed by atoms with van der Waals surface area (Å²) in [6.45, 7) is 4.69. The fourth-order valence-corrected chi connectivity index (χ4v) is 3.25. The summed E-state index contributed by atoms with van der Waals surface area (Å²) in [5.41, 5.74) is 3.49. The molecule has 0 aliphatic carbocycles. The topological polar surface area (TPSA) is 82.0 Å². The molecule has 1 saturated heterocycles.